The summed E-state index contributed by atoms with van der Waals surface area (Å²) in [6.07, 6.45) is -4.71. The third-order valence-corrected chi connectivity index (χ3v) is 3.08. The molecule has 7 heteroatoms. The van der Waals surface area contributed by atoms with E-state index >= 15 is 0 Å². The van der Waals surface area contributed by atoms with Gasteiger partial charge in [0.15, 0.2) is 0 Å². The molecule has 0 saturated heterocycles. The molecule has 1 atom stereocenters. The largest absolute Gasteiger partial charge is 0.481 e. The van der Waals surface area contributed by atoms with Gasteiger partial charge in [0.1, 0.15) is 11.5 Å². The van der Waals surface area contributed by atoms with E-state index in [2.05, 4.69) is 0 Å². The summed E-state index contributed by atoms with van der Waals surface area (Å²) in [5, 5.41) is 8.74. The van der Waals surface area contributed by atoms with Crippen molar-refractivity contribution in [1.82, 2.24) is 0 Å². The number of hydrogen-bond acceptors (Lipinski definition) is 3. The Morgan fingerprint density at radius 2 is 1.74 bits per heavy atom. The van der Waals surface area contributed by atoms with Crippen LogP contribution in [-0.2, 0) is 11.0 Å². The zero-order valence-electron chi connectivity index (χ0n) is 11.9. The first-order valence-corrected chi connectivity index (χ1v) is 6.68. The van der Waals surface area contributed by atoms with E-state index in [-0.39, 0.29) is 17.9 Å². The smallest absolute Gasteiger partial charge is 0.416 e. The summed E-state index contributed by atoms with van der Waals surface area (Å²) in [4.78, 5) is 10.7. The number of carbonyl (C=O) groups is 1. The molecule has 2 rings (SSSR count). The summed E-state index contributed by atoms with van der Waals surface area (Å²) in [7, 11) is 0. The Labute approximate surface area is 130 Å². The average molecular weight is 325 g/mol. The molecule has 0 saturated carbocycles. The number of hydrogen-bond donors (Lipinski definition) is 2. The molecule has 2 aromatic carbocycles. The second-order valence-electron chi connectivity index (χ2n) is 4.90. The summed E-state index contributed by atoms with van der Waals surface area (Å²) in [5.74, 6) is -0.729. The van der Waals surface area contributed by atoms with E-state index in [1.807, 2.05) is 0 Å². The topological polar surface area (TPSA) is 72.6 Å². The van der Waals surface area contributed by atoms with Crippen molar-refractivity contribution in [2.45, 2.75) is 18.6 Å². The first kappa shape index (κ1) is 16.8. The van der Waals surface area contributed by atoms with Gasteiger partial charge in [-0.1, -0.05) is 18.2 Å². The number of halogens is 3. The summed E-state index contributed by atoms with van der Waals surface area (Å²) in [6.45, 7) is 0. The average Bonchev–Trinajstić information content (AvgIpc) is 2.46. The molecule has 0 radical (unpaired) electrons. The fourth-order valence-electron chi connectivity index (χ4n) is 1.99. The maximum Gasteiger partial charge on any atom is 0.416 e. The van der Waals surface area contributed by atoms with E-state index in [0.717, 1.165) is 12.1 Å². The monoisotopic (exact) mass is 325 g/mol. The number of carboxylic acid groups (broad SMARTS) is 1. The highest BCUT2D eigenvalue weighted by Gasteiger charge is 2.30. The summed E-state index contributed by atoms with van der Waals surface area (Å²) in [5.41, 5.74) is 5.47. The lowest BCUT2D eigenvalue weighted by atomic mass is 10.0. The maximum absolute atomic E-state index is 12.7. The van der Waals surface area contributed by atoms with Crippen molar-refractivity contribution in [2.75, 3.05) is 0 Å². The van der Waals surface area contributed by atoms with Gasteiger partial charge in [0.2, 0.25) is 0 Å². The predicted molar refractivity (Wildman–Crippen MR) is 77.1 cm³/mol. The Bertz CT molecular complexity index is 701. The molecule has 0 amide bonds. The second kappa shape index (κ2) is 6.70. The standard InChI is InChI=1S/C16H14F3NO3/c17-16(18,19)11-4-2-6-13(8-11)23-12-5-1-3-10(7-12)14(20)9-15(21)22/h1-8,14H,9,20H2,(H,21,22)/t14-/m1/s1. The van der Waals surface area contributed by atoms with Crippen molar-refractivity contribution in [1.29, 1.82) is 0 Å². The SMILES string of the molecule is N[C@H](CC(=O)O)c1cccc(Oc2cccc(C(F)(F)F)c2)c1. The van der Waals surface area contributed by atoms with E-state index < -0.39 is 23.8 Å². The number of rotatable bonds is 5. The van der Waals surface area contributed by atoms with E-state index in [1.54, 1.807) is 18.2 Å². The van der Waals surface area contributed by atoms with Gasteiger partial charge in [0.25, 0.3) is 0 Å². The van der Waals surface area contributed by atoms with Crippen LogP contribution in [0.25, 0.3) is 0 Å². The van der Waals surface area contributed by atoms with Crippen molar-refractivity contribution >= 4 is 5.97 Å². The predicted octanol–water partition coefficient (Wildman–Crippen LogP) is 3.97. The van der Waals surface area contributed by atoms with Crippen molar-refractivity contribution in [3.63, 3.8) is 0 Å². The molecular formula is C16H14F3NO3. The van der Waals surface area contributed by atoms with Crippen molar-refractivity contribution in [2.24, 2.45) is 5.73 Å². The molecule has 0 spiro atoms. The number of alkyl halides is 3. The number of aliphatic carboxylic acids is 1. The van der Waals surface area contributed by atoms with Gasteiger partial charge in [-0.15, -0.1) is 0 Å². The van der Waals surface area contributed by atoms with Crippen LogP contribution >= 0.6 is 0 Å². The van der Waals surface area contributed by atoms with Crippen LogP contribution in [0.5, 0.6) is 11.5 Å². The number of benzene rings is 2. The van der Waals surface area contributed by atoms with E-state index in [9.17, 15) is 18.0 Å². The van der Waals surface area contributed by atoms with Gasteiger partial charge < -0.3 is 15.6 Å². The molecule has 0 aliphatic rings. The van der Waals surface area contributed by atoms with Crippen LogP contribution in [0.2, 0.25) is 0 Å². The van der Waals surface area contributed by atoms with Crippen molar-refractivity contribution in [3.8, 4) is 11.5 Å². The van der Waals surface area contributed by atoms with Gasteiger partial charge in [-0.25, -0.2) is 0 Å². The molecular weight excluding hydrogens is 311 g/mol. The molecule has 0 bridgehead atoms. The molecule has 122 valence electrons. The van der Waals surface area contributed by atoms with Crippen LogP contribution in [-0.4, -0.2) is 11.1 Å². The van der Waals surface area contributed by atoms with Crippen LogP contribution in [0.3, 0.4) is 0 Å². The quantitative estimate of drug-likeness (QED) is 0.872. The zero-order valence-corrected chi connectivity index (χ0v) is 11.9. The Kier molecular flexibility index (Phi) is 4.90. The molecule has 0 aliphatic carbocycles. The molecule has 0 unspecified atom stereocenters. The minimum Gasteiger partial charge on any atom is -0.481 e. The van der Waals surface area contributed by atoms with Crippen LogP contribution < -0.4 is 10.5 Å². The molecule has 2 aromatic rings. The highest BCUT2D eigenvalue weighted by atomic mass is 19.4. The highest BCUT2D eigenvalue weighted by molar-refractivity contribution is 5.67. The molecule has 3 N–H and O–H groups in total. The summed E-state index contributed by atoms with van der Waals surface area (Å²) >= 11 is 0. The number of nitrogens with two attached hydrogens (primary N) is 1. The second-order valence-corrected chi connectivity index (χ2v) is 4.90. The Balaban J connectivity index is 2.19. The van der Waals surface area contributed by atoms with E-state index in [4.69, 9.17) is 15.6 Å². The van der Waals surface area contributed by atoms with Gasteiger partial charge in [0.05, 0.1) is 12.0 Å². The Morgan fingerprint density at radius 3 is 2.35 bits per heavy atom. The molecule has 23 heavy (non-hydrogen) atoms. The summed E-state index contributed by atoms with van der Waals surface area (Å²) < 4.78 is 43.4. The highest BCUT2D eigenvalue weighted by Crippen LogP contribution is 2.33. The van der Waals surface area contributed by atoms with E-state index in [0.29, 0.717) is 5.56 Å². The number of carboxylic acids is 1. The lowest BCUT2D eigenvalue weighted by Gasteiger charge is -2.13. The lowest BCUT2D eigenvalue weighted by molar-refractivity contribution is -0.138. The van der Waals surface area contributed by atoms with Crippen molar-refractivity contribution < 1.29 is 27.8 Å². The van der Waals surface area contributed by atoms with Crippen LogP contribution in [0.1, 0.15) is 23.6 Å². The minimum atomic E-state index is -4.45. The normalized spacial score (nSPS) is 12.7. The third-order valence-electron chi connectivity index (χ3n) is 3.08. The summed E-state index contributed by atoms with van der Waals surface area (Å²) in [6, 6.07) is 10.1. The maximum atomic E-state index is 12.7. The van der Waals surface area contributed by atoms with Gasteiger partial charge in [0, 0.05) is 6.04 Å². The Morgan fingerprint density at radius 1 is 1.13 bits per heavy atom. The number of ether oxygens (including phenoxy) is 1. The molecule has 0 fully saturated rings. The van der Waals surface area contributed by atoms with Crippen LogP contribution in [0.15, 0.2) is 48.5 Å². The molecule has 0 heterocycles. The fourth-order valence-corrected chi connectivity index (χ4v) is 1.99. The fraction of sp³-hybridized carbons (Fsp3) is 0.188. The van der Waals surface area contributed by atoms with Crippen molar-refractivity contribution in [3.05, 3.63) is 59.7 Å². The Hall–Kier alpha value is -2.54. The minimum absolute atomic E-state index is 0.0313. The van der Waals surface area contributed by atoms with Gasteiger partial charge in [-0.3, -0.25) is 4.79 Å². The van der Waals surface area contributed by atoms with E-state index in [1.165, 1.54) is 18.2 Å². The van der Waals surface area contributed by atoms with Crippen LogP contribution in [0, 0.1) is 0 Å². The van der Waals surface area contributed by atoms with Gasteiger partial charge >= 0.3 is 12.1 Å². The molecule has 0 aliphatic heterocycles. The first-order chi connectivity index (χ1) is 10.8. The van der Waals surface area contributed by atoms with Gasteiger partial charge in [-0.05, 0) is 35.9 Å². The van der Waals surface area contributed by atoms with Gasteiger partial charge in [-0.2, -0.15) is 13.2 Å². The molecule has 0 aromatic heterocycles. The van der Waals surface area contributed by atoms with Crippen LogP contribution in [0.4, 0.5) is 13.2 Å². The lowest BCUT2D eigenvalue weighted by Crippen LogP contribution is -2.14. The first-order valence-electron chi connectivity index (χ1n) is 6.68. The third kappa shape index (κ3) is 4.72. The molecule has 4 nitrogen and oxygen atoms in total. The zero-order chi connectivity index (χ0) is 17.0.